The number of benzene rings is 2. The van der Waals surface area contributed by atoms with Crippen molar-refractivity contribution < 1.29 is 0 Å². The van der Waals surface area contributed by atoms with E-state index in [0.29, 0.717) is 0 Å². The molecule has 2 aromatic heterocycles. The number of rotatable bonds is 7. The number of aromatic nitrogens is 2. The lowest BCUT2D eigenvalue weighted by atomic mass is 9.87. The molecule has 35 heavy (non-hydrogen) atoms. The van der Waals surface area contributed by atoms with Crippen LogP contribution < -0.4 is 0 Å². The van der Waals surface area contributed by atoms with Crippen molar-refractivity contribution in [1.82, 2.24) is 9.97 Å². The third kappa shape index (κ3) is 4.73. The van der Waals surface area contributed by atoms with Crippen molar-refractivity contribution in [3.05, 3.63) is 142 Å². The minimum absolute atomic E-state index is 0.0529. The van der Waals surface area contributed by atoms with Crippen LogP contribution in [0.25, 0.3) is 21.8 Å². The summed E-state index contributed by atoms with van der Waals surface area (Å²) in [6.45, 7) is 3.91. The van der Waals surface area contributed by atoms with Gasteiger partial charge in [0, 0.05) is 40.1 Å². The monoisotopic (exact) mass is 496 g/mol. The molecule has 4 heteroatoms. The van der Waals surface area contributed by atoms with E-state index < -0.39 is 0 Å². The Kier molecular flexibility index (Phi) is 6.94. The maximum Gasteiger partial charge on any atom is 0.0502 e. The molecule has 0 unspecified atom stereocenters. The first kappa shape index (κ1) is 23.3. The van der Waals surface area contributed by atoms with Gasteiger partial charge >= 0.3 is 0 Å². The van der Waals surface area contributed by atoms with Crippen LogP contribution in [0.5, 0.6) is 0 Å². The minimum atomic E-state index is 0.0529. The smallest absolute Gasteiger partial charge is 0.0502 e. The lowest BCUT2D eigenvalue weighted by Gasteiger charge is -2.16. The molecule has 0 saturated heterocycles. The van der Waals surface area contributed by atoms with Gasteiger partial charge in [-0.2, -0.15) is 0 Å². The molecule has 0 atom stereocenters. The first-order chi connectivity index (χ1) is 17.2. The molecule has 2 aromatic carbocycles. The van der Waals surface area contributed by atoms with E-state index >= 15 is 0 Å². The molecule has 174 valence electrons. The molecule has 0 fully saturated rings. The largest absolute Gasteiger partial charge is 0.361 e. The highest BCUT2D eigenvalue weighted by Gasteiger charge is 2.22. The first-order valence-electron chi connectivity index (χ1n) is 11.7. The minimum Gasteiger partial charge on any atom is -0.361 e. The Labute approximate surface area is 215 Å². The Morgan fingerprint density at radius 2 is 1.60 bits per heavy atom. The van der Waals surface area contributed by atoms with Crippen molar-refractivity contribution in [1.29, 1.82) is 0 Å². The molecule has 0 saturated carbocycles. The molecule has 2 heterocycles. The second-order valence-electron chi connectivity index (χ2n) is 8.55. The molecular formula is C31H26Cl2N2. The van der Waals surface area contributed by atoms with Crippen LogP contribution in [0.15, 0.2) is 121 Å². The quantitative estimate of drug-likeness (QED) is 0.238. The highest BCUT2D eigenvalue weighted by Crippen LogP contribution is 2.41. The Hall–Kier alpha value is -3.46. The van der Waals surface area contributed by atoms with Crippen LogP contribution in [0.4, 0.5) is 0 Å². The molecule has 0 aliphatic heterocycles. The van der Waals surface area contributed by atoms with Gasteiger partial charge in [-0.1, -0.05) is 96.6 Å². The molecule has 1 aliphatic rings. The number of halogens is 2. The van der Waals surface area contributed by atoms with Gasteiger partial charge in [0.2, 0.25) is 0 Å². The zero-order chi connectivity index (χ0) is 24.2. The number of H-pyrrole nitrogens is 2. The highest BCUT2D eigenvalue weighted by atomic mass is 35.5. The van der Waals surface area contributed by atoms with Crippen LogP contribution in [0.3, 0.4) is 0 Å². The number of nitrogens with one attached hydrogen (secondary N) is 2. The molecule has 2 nitrogen and oxygen atoms in total. The van der Waals surface area contributed by atoms with Gasteiger partial charge in [-0.3, -0.25) is 0 Å². The average molecular weight is 497 g/mol. The molecular weight excluding hydrogens is 471 g/mol. The second kappa shape index (κ2) is 10.4. The van der Waals surface area contributed by atoms with E-state index in [4.69, 9.17) is 23.2 Å². The van der Waals surface area contributed by atoms with Gasteiger partial charge in [-0.05, 0) is 59.4 Å². The summed E-state index contributed by atoms with van der Waals surface area (Å²) in [7, 11) is 0. The summed E-state index contributed by atoms with van der Waals surface area (Å²) < 4.78 is 0. The lowest BCUT2D eigenvalue weighted by molar-refractivity contribution is 0.844. The molecule has 2 N–H and O–H groups in total. The van der Waals surface area contributed by atoms with Gasteiger partial charge in [0.15, 0.2) is 0 Å². The standard InChI is InChI=1S/C31H26Cl2N2/c1-2-10-21(22-11-5-3-4-6-12-22)13-7-14-23(24-19-34-28-17-8-15-26(32)30(24)28)25-20-35-29-18-9-16-27(33)31(25)29/h2-3,5-13,15-20,23,34-35H,1,4,14H2/b13-7-,21-10+. The lowest BCUT2D eigenvalue weighted by Crippen LogP contribution is -1.99. The van der Waals surface area contributed by atoms with E-state index in [1.165, 1.54) is 0 Å². The van der Waals surface area contributed by atoms with E-state index in [0.717, 1.165) is 67.0 Å². The van der Waals surface area contributed by atoms with E-state index in [9.17, 15) is 0 Å². The van der Waals surface area contributed by atoms with Gasteiger partial charge in [0.25, 0.3) is 0 Å². The highest BCUT2D eigenvalue weighted by molar-refractivity contribution is 6.36. The average Bonchev–Trinajstić information content (AvgIpc) is 3.39. The van der Waals surface area contributed by atoms with Crippen molar-refractivity contribution in [2.24, 2.45) is 0 Å². The molecule has 1 aliphatic carbocycles. The summed E-state index contributed by atoms with van der Waals surface area (Å²) in [6.07, 6.45) is 24.9. The number of hydrogen-bond donors (Lipinski definition) is 2. The fraction of sp³-hybridized carbons (Fsp3) is 0.0968. The van der Waals surface area contributed by atoms with Crippen molar-refractivity contribution >= 4 is 45.0 Å². The van der Waals surface area contributed by atoms with Crippen molar-refractivity contribution in [3.63, 3.8) is 0 Å². The molecule has 0 amide bonds. The van der Waals surface area contributed by atoms with E-state index in [1.807, 2.05) is 36.4 Å². The van der Waals surface area contributed by atoms with Crippen LogP contribution in [0, 0.1) is 0 Å². The van der Waals surface area contributed by atoms with Crippen molar-refractivity contribution in [2.75, 3.05) is 0 Å². The normalized spacial score (nSPS) is 14.4. The molecule has 0 radical (unpaired) electrons. The summed E-state index contributed by atoms with van der Waals surface area (Å²) >= 11 is 13.4. The van der Waals surface area contributed by atoms with Crippen LogP contribution >= 0.6 is 23.2 Å². The number of hydrogen-bond acceptors (Lipinski definition) is 0. The topological polar surface area (TPSA) is 31.6 Å². The van der Waals surface area contributed by atoms with Crippen LogP contribution in [-0.2, 0) is 0 Å². The third-order valence-corrected chi connectivity index (χ3v) is 7.03. The van der Waals surface area contributed by atoms with E-state index in [2.05, 4.69) is 83.6 Å². The molecule has 5 rings (SSSR count). The Balaban J connectivity index is 1.59. The van der Waals surface area contributed by atoms with Gasteiger partial charge in [0.1, 0.15) is 0 Å². The Morgan fingerprint density at radius 1 is 0.943 bits per heavy atom. The zero-order valence-electron chi connectivity index (χ0n) is 19.3. The van der Waals surface area contributed by atoms with E-state index in [1.54, 1.807) is 0 Å². The Morgan fingerprint density at radius 3 is 2.23 bits per heavy atom. The summed E-state index contributed by atoms with van der Waals surface area (Å²) in [4.78, 5) is 6.82. The maximum atomic E-state index is 6.69. The van der Waals surface area contributed by atoms with Gasteiger partial charge in [-0.15, -0.1) is 0 Å². The Bertz CT molecular complexity index is 1460. The van der Waals surface area contributed by atoms with Crippen molar-refractivity contribution in [3.8, 4) is 0 Å². The first-order valence-corrected chi connectivity index (χ1v) is 12.5. The van der Waals surface area contributed by atoms with Crippen LogP contribution in [-0.4, -0.2) is 9.97 Å². The van der Waals surface area contributed by atoms with Crippen molar-refractivity contribution in [2.45, 2.75) is 18.8 Å². The predicted octanol–water partition coefficient (Wildman–Crippen LogP) is 9.59. The fourth-order valence-electron chi connectivity index (χ4n) is 4.78. The second-order valence-corrected chi connectivity index (χ2v) is 9.36. The molecule has 0 spiro atoms. The molecule has 0 bridgehead atoms. The van der Waals surface area contributed by atoms with E-state index in [-0.39, 0.29) is 5.92 Å². The summed E-state index contributed by atoms with van der Waals surface area (Å²) in [6, 6.07) is 11.9. The SMILES string of the molecule is C=C/C=C(\C=C/CC(c1c[nH]c2cccc(Cl)c12)c1c[nH]c2cccc(Cl)c12)C1=CC=CCC=C1. The van der Waals surface area contributed by atoms with Gasteiger partial charge < -0.3 is 9.97 Å². The summed E-state index contributed by atoms with van der Waals surface area (Å²) in [5, 5.41) is 3.59. The number of allylic oxidation sites excluding steroid dienone is 11. The summed E-state index contributed by atoms with van der Waals surface area (Å²) in [5.41, 5.74) is 6.65. The third-order valence-electron chi connectivity index (χ3n) is 6.40. The fourth-order valence-corrected chi connectivity index (χ4v) is 5.35. The maximum absolute atomic E-state index is 6.69. The van der Waals surface area contributed by atoms with Crippen LogP contribution in [0.2, 0.25) is 10.0 Å². The summed E-state index contributed by atoms with van der Waals surface area (Å²) in [5.74, 6) is 0.0529. The van der Waals surface area contributed by atoms with Gasteiger partial charge in [-0.25, -0.2) is 0 Å². The number of fused-ring (bicyclic) bond motifs is 2. The number of aromatic amines is 2. The zero-order valence-corrected chi connectivity index (χ0v) is 20.8. The predicted molar refractivity (Wildman–Crippen MR) is 151 cm³/mol. The van der Waals surface area contributed by atoms with Gasteiger partial charge in [0.05, 0.1) is 10.0 Å². The van der Waals surface area contributed by atoms with Crippen LogP contribution in [0.1, 0.15) is 29.9 Å². The molecule has 4 aromatic rings.